The van der Waals surface area contributed by atoms with Crippen molar-refractivity contribution in [2.75, 3.05) is 20.0 Å². The van der Waals surface area contributed by atoms with Crippen LogP contribution in [0.5, 0.6) is 17.2 Å². The second-order valence-electron chi connectivity index (χ2n) is 8.60. The average molecular weight is 513 g/mol. The normalized spacial score (nSPS) is 16.2. The highest BCUT2D eigenvalue weighted by atomic mass is 32.2. The van der Waals surface area contributed by atoms with E-state index in [0.717, 1.165) is 28.9 Å². The first kappa shape index (κ1) is 25.3. The Morgan fingerprint density at radius 1 is 1.06 bits per heavy atom. The molecule has 190 valence electrons. The molecule has 0 amide bonds. The van der Waals surface area contributed by atoms with Gasteiger partial charge in [0.25, 0.3) is 0 Å². The first-order valence-electron chi connectivity index (χ1n) is 11.3. The van der Waals surface area contributed by atoms with Gasteiger partial charge < -0.3 is 29.6 Å². The Hall–Kier alpha value is -3.76. The number of benzene rings is 2. The summed E-state index contributed by atoms with van der Waals surface area (Å²) in [5.41, 5.74) is 3.08. The first-order valence-corrected chi connectivity index (χ1v) is 13.2. The van der Waals surface area contributed by atoms with Gasteiger partial charge in [0.05, 0.1) is 22.9 Å². The summed E-state index contributed by atoms with van der Waals surface area (Å²) in [5, 5.41) is 12.2. The highest BCUT2D eigenvalue weighted by Crippen LogP contribution is 2.34. The van der Waals surface area contributed by atoms with Crippen LogP contribution >= 0.6 is 0 Å². The molecule has 0 bridgehead atoms. The van der Waals surface area contributed by atoms with E-state index in [4.69, 9.17) is 14.2 Å². The zero-order chi connectivity index (χ0) is 25.9. The van der Waals surface area contributed by atoms with Gasteiger partial charge in [-0.25, -0.2) is 13.2 Å². The smallest absolute Gasteiger partial charge is 0.326 e. The maximum absolute atomic E-state index is 11.7. The Balaban J connectivity index is 1.62. The Kier molecular flexibility index (Phi) is 7.37. The predicted octanol–water partition coefficient (Wildman–Crippen LogP) is 4.08. The first-order chi connectivity index (χ1) is 17.1. The molecule has 0 spiro atoms. The molecule has 0 aliphatic carbocycles. The van der Waals surface area contributed by atoms with Crippen molar-refractivity contribution in [1.82, 2.24) is 10.3 Å². The van der Waals surface area contributed by atoms with Crippen LogP contribution in [0, 0.1) is 0 Å². The van der Waals surface area contributed by atoms with E-state index in [1.54, 1.807) is 25.3 Å². The van der Waals surface area contributed by atoms with Crippen LogP contribution in [-0.4, -0.2) is 56.6 Å². The molecule has 1 aliphatic rings. The maximum atomic E-state index is 11.7. The summed E-state index contributed by atoms with van der Waals surface area (Å²) in [5.74, 6) is 0.650. The van der Waals surface area contributed by atoms with Crippen LogP contribution < -0.4 is 14.8 Å². The van der Waals surface area contributed by atoms with E-state index >= 15 is 0 Å². The van der Waals surface area contributed by atoms with Crippen LogP contribution in [0.3, 0.4) is 0 Å². The second kappa shape index (κ2) is 10.5. The molecule has 4 rings (SSSR count). The van der Waals surface area contributed by atoms with Crippen molar-refractivity contribution in [2.24, 2.45) is 0 Å². The molecular formula is C26H28N2O7S. The monoisotopic (exact) mass is 512 g/mol. The molecule has 0 saturated carbocycles. The number of H-pyrrole nitrogens is 1. The Bertz CT molecular complexity index is 1380. The fraction of sp³-hybridized carbons (Fsp3) is 0.269. The van der Waals surface area contributed by atoms with Crippen molar-refractivity contribution in [1.29, 1.82) is 0 Å². The lowest BCUT2D eigenvalue weighted by Crippen LogP contribution is -2.30. The molecule has 3 N–H and O–H groups in total. The Labute approximate surface area is 209 Å². The van der Waals surface area contributed by atoms with Gasteiger partial charge in [-0.1, -0.05) is 6.08 Å². The summed E-state index contributed by atoms with van der Waals surface area (Å²) in [4.78, 5) is 14.8. The molecule has 0 radical (unpaired) electrons. The third-order valence-corrected chi connectivity index (χ3v) is 6.71. The van der Waals surface area contributed by atoms with E-state index in [9.17, 15) is 18.3 Å². The van der Waals surface area contributed by atoms with Gasteiger partial charge in [-0.15, -0.1) is 0 Å². The predicted molar refractivity (Wildman–Crippen MR) is 135 cm³/mol. The van der Waals surface area contributed by atoms with Crippen molar-refractivity contribution in [2.45, 2.75) is 30.4 Å². The van der Waals surface area contributed by atoms with Gasteiger partial charge in [0, 0.05) is 30.7 Å². The number of hydrogen-bond donors (Lipinski definition) is 3. The fourth-order valence-electron chi connectivity index (χ4n) is 3.86. The van der Waals surface area contributed by atoms with Gasteiger partial charge in [0.2, 0.25) is 0 Å². The molecule has 0 fully saturated rings. The maximum Gasteiger partial charge on any atom is 0.326 e. The number of carboxylic acid groups (broad SMARTS) is 1. The molecule has 2 aromatic carbocycles. The number of nitrogens with one attached hydrogen (secondary N) is 2. The Morgan fingerprint density at radius 2 is 1.75 bits per heavy atom. The lowest BCUT2D eigenvalue weighted by atomic mass is 10.1. The number of methoxy groups -OCH3 is 1. The van der Waals surface area contributed by atoms with Crippen molar-refractivity contribution >= 4 is 21.5 Å². The number of carbonyl (C=O) groups is 1. The summed E-state index contributed by atoms with van der Waals surface area (Å²) in [7, 11) is -1.70. The van der Waals surface area contributed by atoms with Crippen LogP contribution in [0.15, 0.2) is 65.6 Å². The van der Waals surface area contributed by atoms with Crippen molar-refractivity contribution < 1.29 is 32.5 Å². The molecule has 3 aromatic rings. The van der Waals surface area contributed by atoms with E-state index in [0.29, 0.717) is 30.3 Å². The highest BCUT2D eigenvalue weighted by Gasteiger charge is 2.23. The van der Waals surface area contributed by atoms with E-state index in [1.165, 1.54) is 12.1 Å². The number of rotatable bonds is 10. The van der Waals surface area contributed by atoms with E-state index < -0.39 is 21.8 Å². The number of aromatic nitrogens is 1. The molecule has 10 heteroatoms. The molecule has 36 heavy (non-hydrogen) atoms. The minimum atomic E-state index is -3.31. The van der Waals surface area contributed by atoms with Crippen LogP contribution in [0.1, 0.15) is 19.0 Å². The molecule has 9 nitrogen and oxygen atoms in total. The number of sulfone groups is 1. The van der Waals surface area contributed by atoms with Crippen LogP contribution in [-0.2, 0) is 19.4 Å². The lowest BCUT2D eigenvalue weighted by Gasteiger charge is -2.16. The fourth-order valence-corrected chi connectivity index (χ4v) is 4.49. The third-order valence-electron chi connectivity index (χ3n) is 5.58. The van der Waals surface area contributed by atoms with Crippen molar-refractivity contribution in [3.63, 3.8) is 0 Å². The van der Waals surface area contributed by atoms with Gasteiger partial charge in [0.1, 0.15) is 29.4 Å². The van der Waals surface area contributed by atoms with Gasteiger partial charge >= 0.3 is 5.97 Å². The molecule has 2 heterocycles. The summed E-state index contributed by atoms with van der Waals surface area (Å²) in [6, 6.07) is 14.8. The molecule has 1 aliphatic heterocycles. The number of hydrogen-bond acceptors (Lipinski definition) is 7. The number of carboxylic acids is 1. The quantitative estimate of drug-likeness (QED) is 0.371. The van der Waals surface area contributed by atoms with Crippen LogP contribution in [0.4, 0.5) is 0 Å². The minimum absolute atomic E-state index is 0.202. The average Bonchev–Trinajstić information content (AvgIpc) is 3.49. The number of aliphatic carboxylic acids is 1. The van der Waals surface area contributed by atoms with Crippen molar-refractivity contribution in [3.8, 4) is 28.5 Å². The van der Waals surface area contributed by atoms with Gasteiger partial charge in [-0.3, -0.25) is 0 Å². The van der Waals surface area contributed by atoms with Gasteiger partial charge in [-0.05, 0) is 61.9 Å². The SMILES string of the molecule is COC[C@H](C)Oc1cc(Oc2ccc(S(C)(=O)=O)cc2)cc(-c2ccc(C3=CCC(C(=O)O)N3)[nH]2)c1. The van der Waals surface area contributed by atoms with Gasteiger partial charge in [-0.2, -0.15) is 0 Å². The summed E-state index contributed by atoms with van der Waals surface area (Å²) in [6.45, 7) is 2.30. The molecule has 1 aromatic heterocycles. The standard InChI is InChI=1S/C26H28N2O7S/c1-16(15-33-2)34-19-12-17(22-8-9-23(27-22)24-10-11-25(28-24)26(29)30)13-20(14-19)35-18-4-6-21(7-5-18)36(3,31)32/h4-10,12-14,16,25,27-28H,11,15H2,1-3H3,(H,29,30)/t16-,25?/m0/s1. The largest absolute Gasteiger partial charge is 0.488 e. The van der Waals surface area contributed by atoms with Gasteiger partial charge in [0.15, 0.2) is 9.84 Å². The molecule has 0 saturated heterocycles. The summed E-state index contributed by atoms with van der Waals surface area (Å²) >= 11 is 0. The van der Waals surface area contributed by atoms with Crippen LogP contribution in [0.25, 0.3) is 17.0 Å². The molecular weight excluding hydrogens is 484 g/mol. The third kappa shape index (κ3) is 6.07. The Morgan fingerprint density at radius 3 is 2.39 bits per heavy atom. The zero-order valence-corrected chi connectivity index (χ0v) is 21.0. The highest BCUT2D eigenvalue weighted by molar-refractivity contribution is 7.90. The van der Waals surface area contributed by atoms with E-state index in [-0.39, 0.29) is 11.0 Å². The lowest BCUT2D eigenvalue weighted by molar-refractivity contribution is -0.138. The number of ether oxygens (including phenoxy) is 3. The topological polar surface area (TPSA) is 127 Å². The summed E-state index contributed by atoms with van der Waals surface area (Å²) in [6.07, 6.45) is 3.22. The van der Waals surface area contributed by atoms with Crippen molar-refractivity contribution in [3.05, 3.63) is 66.4 Å². The zero-order valence-electron chi connectivity index (χ0n) is 20.1. The number of aromatic amines is 1. The van der Waals surface area contributed by atoms with E-state index in [1.807, 2.05) is 37.3 Å². The van der Waals surface area contributed by atoms with Crippen LogP contribution in [0.2, 0.25) is 0 Å². The minimum Gasteiger partial charge on any atom is -0.488 e. The summed E-state index contributed by atoms with van der Waals surface area (Å²) < 4.78 is 40.7. The van der Waals surface area contributed by atoms with E-state index in [2.05, 4.69) is 10.3 Å². The molecule has 1 unspecified atom stereocenters. The molecule has 2 atom stereocenters. The second-order valence-corrected chi connectivity index (χ2v) is 10.6.